The number of hydrogen-bond donors (Lipinski definition) is 1. The van der Waals surface area contributed by atoms with E-state index < -0.39 is 10.0 Å². The van der Waals surface area contributed by atoms with Crippen molar-refractivity contribution >= 4 is 33.4 Å². The molecule has 2 aromatic heterocycles. The molecule has 3 aromatic rings. The first kappa shape index (κ1) is 21.6. The molecule has 3 heterocycles. The maximum absolute atomic E-state index is 12.7. The van der Waals surface area contributed by atoms with Crippen molar-refractivity contribution < 1.29 is 22.4 Å². The predicted molar refractivity (Wildman–Crippen MR) is 114 cm³/mol. The van der Waals surface area contributed by atoms with Gasteiger partial charge in [0, 0.05) is 25.8 Å². The van der Waals surface area contributed by atoms with Gasteiger partial charge in [0.2, 0.25) is 15.9 Å². The fourth-order valence-electron chi connectivity index (χ4n) is 3.03. The van der Waals surface area contributed by atoms with Crippen LogP contribution in [0, 0.1) is 0 Å². The minimum Gasteiger partial charge on any atom is -0.461 e. The Morgan fingerprint density at radius 2 is 1.90 bits per heavy atom. The largest absolute Gasteiger partial charge is 0.461 e. The minimum absolute atomic E-state index is 0.123. The third-order valence-corrected chi connectivity index (χ3v) is 7.59. The third-order valence-electron chi connectivity index (χ3n) is 4.65. The average Bonchev–Trinajstić information content (AvgIpc) is 3.43. The number of carbonyl (C=O) groups excluding carboxylic acids is 1. The van der Waals surface area contributed by atoms with Gasteiger partial charge >= 0.3 is 0 Å². The summed E-state index contributed by atoms with van der Waals surface area (Å²) in [6.07, 6.45) is 1.56. The monoisotopic (exact) mass is 463 g/mol. The van der Waals surface area contributed by atoms with Crippen LogP contribution in [0.15, 0.2) is 57.1 Å². The van der Waals surface area contributed by atoms with Crippen LogP contribution in [-0.4, -0.2) is 65.5 Å². The van der Waals surface area contributed by atoms with E-state index in [1.165, 1.54) is 28.2 Å². The number of benzene rings is 1. The average molecular weight is 464 g/mol. The summed E-state index contributed by atoms with van der Waals surface area (Å²) < 4.78 is 39.0. The molecule has 0 radical (unpaired) electrons. The number of rotatable bonds is 7. The van der Waals surface area contributed by atoms with E-state index in [9.17, 15) is 13.2 Å². The Balaban J connectivity index is 1.34. The summed E-state index contributed by atoms with van der Waals surface area (Å²) in [5, 5.41) is 11.5. The van der Waals surface area contributed by atoms with Gasteiger partial charge in [0.05, 0.1) is 30.1 Å². The second-order valence-corrected chi connectivity index (χ2v) is 9.60. The van der Waals surface area contributed by atoms with Crippen LogP contribution in [0.25, 0.3) is 11.6 Å². The predicted octanol–water partition coefficient (Wildman–Crippen LogP) is 1.83. The second-order valence-electron chi connectivity index (χ2n) is 6.72. The summed E-state index contributed by atoms with van der Waals surface area (Å²) in [7, 11) is -1.77. The van der Waals surface area contributed by atoms with Gasteiger partial charge in [-0.1, -0.05) is 11.8 Å². The number of anilines is 1. The van der Waals surface area contributed by atoms with Crippen molar-refractivity contribution in [2.24, 2.45) is 7.05 Å². The number of ether oxygens (including phenoxy) is 1. The van der Waals surface area contributed by atoms with Crippen LogP contribution in [0.4, 0.5) is 5.69 Å². The highest BCUT2D eigenvalue weighted by Gasteiger charge is 2.26. The van der Waals surface area contributed by atoms with E-state index in [1.807, 2.05) is 0 Å². The van der Waals surface area contributed by atoms with E-state index in [0.717, 1.165) is 0 Å². The van der Waals surface area contributed by atoms with Crippen molar-refractivity contribution in [3.8, 4) is 11.6 Å². The highest BCUT2D eigenvalue weighted by molar-refractivity contribution is 7.99. The highest BCUT2D eigenvalue weighted by Crippen LogP contribution is 2.23. The molecule has 31 heavy (non-hydrogen) atoms. The molecule has 1 N–H and O–H groups in total. The minimum atomic E-state index is -3.56. The SMILES string of the molecule is Cn1c(SCC(=O)Nc2ccc(S(=O)(=O)N3CCOCC3)cc2)nnc1-c1ccco1. The number of morpholine rings is 1. The van der Waals surface area contributed by atoms with Gasteiger partial charge in [-0.25, -0.2) is 8.42 Å². The van der Waals surface area contributed by atoms with Crippen molar-refractivity contribution in [2.45, 2.75) is 10.1 Å². The number of amides is 1. The molecule has 0 saturated carbocycles. The van der Waals surface area contributed by atoms with E-state index in [4.69, 9.17) is 9.15 Å². The first-order valence-corrected chi connectivity index (χ1v) is 11.9. The first-order chi connectivity index (χ1) is 14.9. The number of hydrogen-bond acceptors (Lipinski definition) is 8. The van der Waals surface area contributed by atoms with E-state index in [1.54, 1.807) is 42.1 Å². The maximum atomic E-state index is 12.7. The fraction of sp³-hybridized carbons (Fsp3) is 0.316. The third kappa shape index (κ3) is 4.82. The van der Waals surface area contributed by atoms with Crippen molar-refractivity contribution in [3.05, 3.63) is 42.7 Å². The summed E-state index contributed by atoms with van der Waals surface area (Å²) in [4.78, 5) is 12.5. The number of carbonyl (C=O) groups is 1. The molecule has 10 nitrogen and oxygen atoms in total. The zero-order chi connectivity index (χ0) is 21.8. The molecule has 0 atom stereocenters. The van der Waals surface area contributed by atoms with Crippen molar-refractivity contribution in [2.75, 3.05) is 37.4 Å². The molecule has 1 saturated heterocycles. The van der Waals surface area contributed by atoms with Crippen molar-refractivity contribution in [3.63, 3.8) is 0 Å². The Kier molecular flexibility index (Phi) is 6.41. The molecule has 0 unspecified atom stereocenters. The van der Waals surface area contributed by atoms with Gasteiger partial charge in [-0.05, 0) is 36.4 Å². The number of aromatic nitrogens is 3. The van der Waals surface area contributed by atoms with Crippen LogP contribution in [0.2, 0.25) is 0 Å². The summed E-state index contributed by atoms with van der Waals surface area (Å²) in [6.45, 7) is 1.45. The Morgan fingerprint density at radius 1 is 1.16 bits per heavy atom. The normalized spacial score (nSPS) is 15.1. The lowest BCUT2D eigenvalue weighted by Gasteiger charge is -2.26. The highest BCUT2D eigenvalue weighted by atomic mass is 32.2. The van der Waals surface area contributed by atoms with Crippen LogP contribution >= 0.6 is 11.8 Å². The maximum Gasteiger partial charge on any atom is 0.243 e. The molecule has 1 fully saturated rings. The van der Waals surface area contributed by atoms with Crippen LogP contribution in [0.1, 0.15) is 0 Å². The summed E-state index contributed by atoms with van der Waals surface area (Å²) >= 11 is 1.24. The van der Waals surface area contributed by atoms with Crippen LogP contribution < -0.4 is 5.32 Å². The molecule has 1 aliphatic rings. The number of nitrogens with zero attached hydrogens (tertiary/aromatic N) is 4. The molecule has 164 valence electrons. The van der Waals surface area contributed by atoms with Crippen molar-refractivity contribution in [1.82, 2.24) is 19.1 Å². The Morgan fingerprint density at radius 3 is 2.58 bits per heavy atom. The summed E-state index contributed by atoms with van der Waals surface area (Å²) in [6, 6.07) is 9.69. The zero-order valence-electron chi connectivity index (χ0n) is 16.7. The summed E-state index contributed by atoms with van der Waals surface area (Å²) in [5.74, 6) is 1.05. The molecular weight excluding hydrogens is 442 g/mol. The molecular formula is C19H21N5O5S2. The molecule has 12 heteroatoms. The van der Waals surface area contributed by atoms with Crippen LogP contribution in [0.3, 0.4) is 0 Å². The lowest BCUT2D eigenvalue weighted by Crippen LogP contribution is -2.40. The van der Waals surface area contributed by atoms with Gasteiger partial charge in [-0.3, -0.25) is 4.79 Å². The van der Waals surface area contributed by atoms with Gasteiger partial charge in [0.15, 0.2) is 16.7 Å². The quantitative estimate of drug-likeness (QED) is 0.527. The standard InChI is InChI=1S/C19H21N5O5S2/c1-23-18(16-3-2-10-29-16)21-22-19(23)30-13-17(25)20-14-4-6-15(7-5-14)31(26,27)24-8-11-28-12-9-24/h2-7,10H,8-9,11-13H2,1H3,(H,20,25). The first-order valence-electron chi connectivity index (χ1n) is 9.49. The lowest BCUT2D eigenvalue weighted by atomic mass is 10.3. The molecule has 0 spiro atoms. The number of sulfonamides is 1. The number of furan rings is 1. The Bertz CT molecular complexity index is 1140. The topological polar surface area (TPSA) is 120 Å². The zero-order valence-corrected chi connectivity index (χ0v) is 18.4. The summed E-state index contributed by atoms with van der Waals surface area (Å²) in [5.41, 5.74) is 0.515. The van der Waals surface area contributed by atoms with Gasteiger partial charge in [-0.15, -0.1) is 10.2 Å². The number of thioether (sulfide) groups is 1. The fourth-order valence-corrected chi connectivity index (χ4v) is 5.15. The van der Waals surface area contributed by atoms with E-state index in [0.29, 0.717) is 48.7 Å². The van der Waals surface area contributed by atoms with Crippen LogP contribution in [-0.2, 0) is 26.6 Å². The molecule has 1 aromatic carbocycles. The second kappa shape index (κ2) is 9.22. The van der Waals surface area contributed by atoms with E-state index >= 15 is 0 Å². The van der Waals surface area contributed by atoms with Gasteiger partial charge in [0.25, 0.3) is 0 Å². The molecule has 0 aliphatic carbocycles. The van der Waals surface area contributed by atoms with Crippen LogP contribution in [0.5, 0.6) is 0 Å². The molecule has 4 rings (SSSR count). The smallest absolute Gasteiger partial charge is 0.243 e. The van der Waals surface area contributed by atoms with Crippen molar-refractivity contribution in [1.29, 1.82) is 0 Å². The van der Waals surface area contributed by atoms with Gasteiger partial charge < -0.3 is 19.0 Å². The van der Waals surface area contributed by atoms with E-state index in [2.05, 4.69) is 15.5 Å². The Labute approximate surface area is 183 Å². The number of nitrogens with one attached hydrogen (secondary N) is 1. The van der Waals surface area contributed by atoms with E-state index in [-0.39, 0.29) is 16.6 Å². The lowest BCUT2D eigenvalue weighted by molar-refractivity contribution is -0.113. The van der Waals surface area contributed by atoms with Gasteiger partial charge in [0.1, 0.15) is 0 Å². The van der Waals surface area contributed by atoms with Gasteiger partial charge in [-0.2, -0.15) is 4.31 Å². The molecule has 1 amide bonds. The Hall–Kier alpha value is -2.67. The molecule has 0 bridgehead atoms. The molecule has 1 aliphatic heterocycles.